The highest BCUT2D eigenvalue weighted by molar-refractivity contribution is 5.81. The van der Waals surface area contributed by atoms with Crippen LogP contribution < -0.4 is 0 Å². The summed E-state index contributed by atoms with van der Waals surface area (Å²) in [6, 6.07) is 0. The standard InChI is InChI=1S/C25H41N3O3/c1-23(10-5-8-21(23)22(29)17-28-15-14-26-27-28)11-9-19-6-4-7-20-16-24(2,30)12-13-25(19,20)18-31-3/h14-15,19-21,30H,4-13,16-18H2,1-3H3. The molecule has 1 aromatic heterocycles. The van der Waals surface area contributed by atoms with Gasteiger partial charge in [-0.1, -0.05) is 25.0 Å². The number of rotatable bonds is 8. The van der Waals surface area contributed by atoms with E-state index in [0.29, 0.717) is 24.2 Å². The third-order valence-electron chi connectivity index (χ3n) is 9.28. The molecule has 3 aliphatic carbocycles. The van der Waals surface area contributed by atoms with E-state index in [-0.39, 0.29) is 16.7 Å². The summed E-state index contributed by atoms with van der Waals surface area (Å²) < 4.78 is 7.46. The molecule has 0 radical (unpaired) electrons. The molecule has 0 amide bonds. The number of Topliss-reactive ketones (excluding diaryl/α,β-unsaturated/α-hetero) is 1. The SMILES string of the molecule is COCC12CCC(C)(O)CC1CCCC2CCC1(C)CCCC1C(=O)Cn1ccnn1. The van der Waals surface area contributed by atoms with Gasteiger partial charge in [-0.15, -0.1) is 5.10 Å². The fraction of sp³-hybridized carbons (Fsp3) is 0.880. The largest absolute Gasteiger partial charge is 0.390 e. The Bertz CT molecular complexity index is 749. The highest BCUT2D eigenvalue weighted by atomic mass is 16.5. The van der Waals surface area contributed by atoms with Crippen molar-refractivity contribution in [1.82, 2.24) is 15.0 Å². The zero-order valence-electron chi connectivity index (χ0n) is 19.7. The molecule has 6 unspecified atom stereocenters. The first-order chi connectivity index (χ1) is 14.8. The first-order valence-corrected chi connectivity index (χ1v) is 12.4. The van der Waals surface area contributed by atoms with E-state index in [0.717, 1.165) is 51.6 Å². The van der Waals surface area contributed by atoms with Crippen LogP contribution in [0.3, 0.4) is 0 Å². The van der Waals surface area contributed by atoms with Gasteiger partial charge in [-0.25, -0.2) is 4.68 Å². The molecule has 0 saturated heterocycles. The molecule has 0 spiro atoms. The maximum absolute atomic E-state index is 13.1. The number of methoxy groups -OCH3 is 1. The normalized spacial score (nSPS) is 40.6. The van der Waals surface area contributed by atoms with Crippen molar-refractivity contribution < 1.29 is 14.6 Å². The average molecular weight is 432 g/mol. The minimum absolute atomic E-state index is 0.0824. The van der Waals surface area contributed by atoms with Crippen LogP contribution in [-0.2, 0) is 16.1 Å². The van der Waals surface area contributed by atoms with Crippen LogP contribution in [0.4, 0.5) is 0 Å². The number of aromatic nitrogens is 3. The maximum Gasteiger partial charge on any atom is 0.157 e. The second-order valence-corrected chi connectivity index (χ2v) is 11.4. The van der Waals surface area contributed by atoms with E-state index in [1.165, 1.54) is 25.7 Å². The lowest BCUT2D eigenvalue weighted by atomic mass is 9.51. The van der Waals surface area contributed by atoms with Crippen molar-refractivity contribution in [1.29, 1.82) is 0 Å². The number of hydrogen-bond donors (Lipinski definition) is 1. The van der Waals surface area contributed by atoms with Crippen LogP contribution in [0.15, 0.2) is 12.4 Å². The Balaban J connectivity index is 1.45. The maximum atomic E-state index is 13.1. The summed E-state index contributed by atoms with van der Waals surface area (Å²) in [6.45, 7) is 5.51. The van der Waals surface area contributed by atoms with Crippen LogP contribution in [0.5, 0.6) is 0 Å². The van der Waals surface area contributed by atoms with Gasteiger partial charge in [0.15, 0.2) is 5.78 Å². The molecule has 0 aliphatic heterocycles. The smallest absolute Gasteiger partial charge is 0.157 e. The number of aliphatic hydroxyl groups is 1. The molecule has 3 saturated carbocycles. The summed E-state index contributed by atoms with van der Waals surface area (Å²) in [7, 11) is 1.83. The molecule has 174 valence electrons. The quantitative estimate of drug-likeness (QED) is 0.659. The summed E-state index contributed by atoms with van der Waals surface area (Å²) in [4.78, 5) is 13.1. The van der Waals surface area contributed by atoms with Crippen molar-refractivity contribution in [2.45, 2.75) is 96.6 Å². The van der Waals surface area contributed by atoms with Crippen molar-refractivity contribution in [3.05, 3.63) is 12.4 Å². The topological polar surface area (TPSA) is 77.2 Å². The molecule has 4 rings (SSSR count). The molecule has 0 aromatic carbocycles. The lowest BCUT2D eigenvalue weighted by Gasteiger charge is -2.56. The monoisotopic (exact) mass is 431 g/mol. The molecule has 6 nitrogen and oxygen atoms in total. The predicted molar refractivity (Wildman–Crippen MR) is 119 cm³/mol. The van der Waals surface area contributed by atoms with Gasteiger partial charge in [-0.3, -0.25) is 4.79 Å². The number of carbonyl (C=O) groups is 1. The molecule has 0 bridgehead atoms. The fourth-order valence-corrected chi connectivity index (χ4v) is 7.55. The minimum Gasteiger partial charge on any atom is -0.390 e. The fourth-order valence-electron chi connectivity index (χ4n) is 7.55. The predicted octanol–water partition coefficient (Wildman–Crippen LogP) is 4.42. The van der Waals surface area contributed by atoms with E-state index >= 15 is 0 Å². The summed E-state index contributed by atoms with van der Waals surface area (Å²) in [5.41, 5.74) is -0.246. The molecular formula is C25H41N3O3. The van der Waals surface area contributed by atoms with Gasteiger partial charge in [0.1, 0.15) is 6.54 Å². The van der Waals surface area contributed by atoms with E-state index in [9.17, 15) is 9.90 Å². The molecule has 3 fully saturated rings. The molecule has 1 N–H and O–H groups in total. The highest BCUT2D eigenvalue weighted by Gasteiger charge is 2.53. The first kappa shape index (κ1) is 22.9. The highest BCUT2D eigenvalue weighted by Crippen LogP contribution is 2.58. The summed E-state index contributed by atoms with van der Waals surface area (Å²) in [6.07, 6.45) is 15.6. The zero-order chi connectivity index (χ0) is 22.1. The van der Waals surface area contributed by atoms with Crippen molar-refractivity contribution in [2.24, 2.45) is 28.6 Å². The number of hydrogen-bond acceptors (Lipinski definition) is 5. The van der Waals surface area contributed by atoms with Gasteiger partial charge < -0.3 is 9.84 Å². The summed E-state index contributed by atoms with van der Waals surface area (Å²) >= 11 is 0. The van der Waals surface area contributed by atoms with Gasteiger partial charge in [0.05, 0.1) is 18.4 Å². The minimum atomic E-state index is -0.528. The van der Waals surface area contributed by atoms with Crippen LogP contribution in [0.1, 0.15) is 84.5 Å². The van der Waals surface area contributed by atoms with Gasteiger partial charge >= 0.3 is 0 Å². The third-order valence-corrected chi connectivity index (χ3v) is 9.28. The van der Waals surface area contributed by atoms with Crippen LogP contribution in [0.2, 0.25) is 0 Å². The Morgan fingerprint density at radius 1 is 1.19 bits per heavy atom. The molecule has 3 aliphatic rings. The third kappa shape index (κ3) is 4.61. The van der Waals surface area contributed by atoms with Crippen molar-refractivity contribution in [3.8, 4) is 0 Å². The lowest BCUT2D eigenvalue weighted by Crippen LogP contribution is -2.52. The van der Waals surface area contributed by atoms with Gasteiger partial charge in [-0.2, -0.15) is 0 Å². The van der Waals surface area contributed by atoms with Crippen LogP contribution in [0, 0.1) is 28.6 Å². The van der Waals surface area contributed by atoms with Gasteiger partial charge in [0.2, 0.25) is 0 Å². The van der Waals surface area contributed by atoms with Gasteiger partial charge in [0.25, 0.3) is 0 Å². The summed E-state index contributed by atoms with van der Waals surface area (Å²) in [5, 5.41) is 18.6. The van der Waals surface area contributed by atoms with Crippen LogP contribution >= 0.6 is 0 Å². The summed E-state index contributed by atoms with van der Waals surface area (Å²) in [5.74, 6) is 1.62. The van der Waals surface area contributed by atoms with E-state index in [1.54, 1.807) is 17.1 Å². The van der Waals surface area contributed by atoms with E-state index < -0.39 is 5.60 Å². The Hall–Kier alpha value is -1.27. The Morgan fingerprint density at radius 2 is 2.03 bits per heavy atom. The molecular weight excluding hydrogens is 390 g/mol. The second-order valence-electron chi connectivity index (χ2n) is 11.4. The molecule has 31 heavy (non-hydrogen) atoms. The second kappa shape index (κ2) is 8.93. The zero-order valence-corrected chi connectivity index (χ0v) is 19.7. The lowest BCUT2D eigenvalue weighted by molar-refractivity contribution is -0.133. The molecule has 6 heteroatoms. The van der Waals surface area contributed by atoms with Gasteiger partial charge in [-0.05, 0) is 87.4 Å². The Labute approximate surface area is 187 Å². The molecule has 1 aromatic rings. The van der Waals surface area contributed by atoms with Crippen molar-refractivity contribution in [2.75, 3.05) is 13.7 Å². The number of fused-ring (bicyclic) bond motifs is 1. The van der Waals surface area contributed by atoms with Crippen LogP contribution in [0.25, 0.3) is 0 Å². The number of ether oxygens (including phenoxy) is 1. The average Bonchev–Trinajstić information content (AvgIpc) is 3.36. The Morgan fingerprint density at radius 3 is 2.77 bits per heavy atom. The molecule has 6 atom stereocenters. The Kier molecular flexibility index (Phi) is 6.60. The van der Waals surface area contributed by atoms with Crippen LogP contribution in [-0.4, -0.2) is 45.2 Å². The number of nitrogens with zero attached hydrogens (tertiary/aromatic N) is 3. The van der Waals surface area contributed by atoms with Gasteiger partial charge in [0, 0.05) is 19.2 Å². The number of carbonyl (C=O) groups excluding carboxylic acids is 1. The van der Waals surface area contributed by atoms with Crippen molar-refractivity contribution in [3.63, 3.8) is 0 Å². The number of ketones is 1. The van der Waals surface area contributed by atoms with E-state index in [4.69, 9.17) is 4.74 Å². The van der Waals surface area contributed by atoms with E-state index in [1.807, 2.05) is 14.0 Å². The van der Waals surface area contributed by atoms with Crippen molar-refractivity contribution >= 4 is 5.78 Å². The molecule has 1 heterocycles. The first-order valence-electron chi connectivity index (χ1n) is 12.4. The van der Waals surface area contributed by atoms with E-state index in [2.05, 4.69) is 17.2 Å².